The summed E-state index contributed by atoms with van der Waals surface area (Å²) in [6.45, 7) is 0. The van der Waals surface area contributed by atoms with Crippen molar-refractivity contribution in [3.05, 3.63) is 164 Å². The maximum absolute atomic E-state index is 5.08. The van der Waals surface area contributed by atoms with Gasteiger partial charge in [0.15, 0.2) is 0 Å². The normalized spacial score (nSPS) is 11.8. The molecule has 0 atom stereocenters. The van der Waals surface area contributed by atoms with Gasteiger partial charge < -0.3 is 0 Å². The molecule has 44 heavy (non-hydrogen) atoms. The van der Waals surface area contributed by atoms with Crippen molar-refractivity contribution in [1.29, 1.82) is 0 Å². The molecule has 2 heterocycles. The summed E-state index contributed by atoms with van der Waals surface area (Å²) in [6.07, 6.45) is 0. The van der Waals surface area contributed by atoms with Gasteiger partial charge in [-0.05, 0) is 81.5 Å². The van der Waals surface area contributed by atoms with Crippen molar-refractivity contribution >= 4 is 73.0 Å². The molecule has 0 aliphatic heterocycles. The highest BCUT2D eigenvalue weighted by Crippen LogP contribution is 2.37. The minimum absolute atomic E-state index is 0.665. The Morgan fingerprint density at radius 3 is 1.84 bits per heavy atom. The van der Waals surface area contributed by atoms with Crippen LogP contribution < -0.4 is 15.9 Å². The van der Waals surface area contributed by atoms with Crippen LogP contribution in [0.15, 0.2) is 164 Å². The van der Waals surface area contributed by atoms with E-state index in [0.29, 0.717) is 0 Å². The van der Waals surface area contributed by atoms with Crippen LogP contribution in [0, 0.1) is 0 Å². The lowest BCUT2D eigenvalue weighted by Crippen LogP contribution is -2.20. The molecule has 3 heteroatoms. The number of imidazole rings is 1. The molecular formula is C41H27N2P. The highest BCUT2D eigenvalue weighted by molar-refractivity contribution is 7.79. The molecule has 9 rings (SSSR count). The van der Waals surface area contributed by atoms with E-state index in [-0.39, 0.29) is 0 Å². The van der Waals surface area contributed by atoms with Crippen LogP contribution in [-0.4, -0.2) is 9.38 Å². The zero-order valence-corrected chi connectivity index (χ0v) is 24.8. The van der Waals surface area contributed by atoms with Crippen LogP contribution in [0.25, 0.3) is 60.3 Å². The molecule has 0 spiro atoms. The Morgan fingerprint density at radius 1 is 0.409 bits per heavy atom. The molecule has 0 amide bonds. The second-order valence-electron chi connectivity index (χ2n) is 11.3. The lowest BCUT2D eigenvalue weighted by Gasteiger charge is -2.20. The smallest absolute Gasteiger partial charge is 0.146 e. The molecule has 0 saturated heterocycles. The SMILES string of the molecule is c1ccc(P(c2ccccc2)c2ccc3ccc(-c4ccc5c6ccccc6c6nc7ccccc7n6c5c4)cc3c2)cc1. The molecule has 0 radical (unpaired) electrons. The summed E-state index contributed by atoms with van der Waals surface area (Å²) in [5, 5.41) is 10.2. The van der Waals surface area contributed by atoms with Crippen LogP contribution in [0.2, 0.25) is 0 Å². The summed E-state index contributed by atoms with van der Waals surface area (Å²) in [7, 11) is -0.665. The lowest BCUT2D eigenvalue weighted by atomic mass is 9.98. The first-order chi connectivity index (χ1) is 21.8. The number of pyridine rings is 1. The van der Waals surface area contributed by atoms with Crippen molar-refractivity contribution in [1.82, 2.24) is 9.38 Å². The average Bonchev–Trinajstić information content (AvgIpc) is 3.49. The summed E-state index contributed by atoms with van der Waals surface area (Å²) < 4.78 is 2.34. The molecule has 2 nitrogen and oxygen atoms in total. The Bertz CT molecular complexity index is 2460. The number of fused-ring (bicyclic) bond motifs is 9. The highest BCUT2D eigenvalue weighted by atomic mass is 31.1. The third-order valence-electron chi connectivity index (χ3n) is 8.70. The molecule has 0 unspecified atom stereocenters. The second kappa shape index (κ2) is 10.2. The molecule has 9 aromatic rings. The Kier molecular flexibility index (Phi) is 5.82. The van der Waals surface area contributed by atoms with Gasteiger partial charge >= 0.3 is 0 Å². The number of aromatic nitrogens is 2. The second-order valence-corrected chi connectivity index (χ2v) is 13.5. The molecular weight excluding hydrogens is 551 g/mol. The van der Waals surface area contributed by atoms with Gasteiger partial charge in [-0.1, -0.05) is 133 Å². The van der Waals surface area contributed by atoms with E-state index in [1.54, 1.807) is 0 Å². The van der Waals surface area contributed by atoms with Crippen LogP contribution in [0.1, 0.15) is 0 Å². The van der Waals surface area contributed by atoms with Gasteiger partial charge in [0, 0.05) is 10.8 Å². The van der Waals surface area contributed by atoms with Crippen LogP contribution >= 0.6 is 7.92 Å². The van der Waals surface area contributed by atoms with Crippen LogP contribution in [0.5, 0.6) is 0 Å². The van der Waals surface area contributed by atoms with Gasteiger partial charge in [-0.15, -0.1) is 0 Å². The monoisotopic (exact) mass is 578 g/mol. The Morgan fingerprint density at radius 2 is 1.05 bits per heavy atom. The molecule has 0 saturated carbocycles. The van der Waals surface area contributed by atoms with Crippen LogP contribution in [-0.2, 0) is 0 Å². The van der Waals surface area contributed by atoms with Crippen LogP contribution in [0.3, 0.4) is 0 Å². The molecule has 0 bridgehead atoms. The van der Waals surface area contributed by atoms with Gasteiger partial charge in [0.2, 0.25) is 0 Å². The third kappa shape index (κ3) is 4.03. The standard InChI is InChI=1S/C41H27N2P/c1-3-11-32(12-4-1)44(33-13-5-2-6-14-33)34-23-21-28-19-20-29(25-31(28)26-34)30-22-24-36-35-15-7-8-16-37(35)41-42-38-17-9-10-18-39(38)43(41)40(36)27-30/h1-27H. The average molecular weight is 579 g/mol. The summed E-state index contributed by atoms with van der Waals surface area (Å²) >= 11 is 0. The van der Waals surface area contributed by atoms with E-state index >= 15 is 0 Å². The number of hydrogen-bond donors (Lipinski definition) is 0. The number of para-hydroxylation sites is 2. The fourth-order valence-corrected chi connectivity index (χ4v) is 8.97. The Hall–Kier alpha value is -5.30. The van der Waals surface area contributed by atoms with Crippen molar-refractivity contribution < 1.29 is 0 Å². The summed E-state index contributed by atoms with van der Waals surface area (Å²) in [5.41, 5.74) is 6.75. The van der Waals surface area contributed by atoms with E-state index in [1.165, 1.54) is 59.5 Å². The first kappa shape index (κ1) is 25.2. The lowest BCUT2D eigenvalue weighted by molar-refractivity contribution is 1.31. The minimum Gasteiger partial charge on any atom is -0.292 e. The van der Waals surface area contributed by atoms with Crippen molar-refractivity contribution in [2.45, 2.75) is 0 Å². The topological polar surface area (TPSA) is 17.3 Å². The maximum Gasteiger partial charge on any atom is 0.146 e. The molecule has 7 aromatic carbocycles. The van der Waals surface area contributed by atoms with E-state index in [2.05, 4.69) is 168 Å². The fourth-order valence-electron chi connectivity index (χ4n) is 6.64. The summed E-state index contributed by atoms with van der Waals surface area (Å²) in [6, 6.07) is 59.7. The quantitative estimate of drug-likeness (QED) is 0.150. The minimum atomic E-state index is -0.665. The van der Waals surface area contributed by atoms with Crippen molar-refractivity contribution in [3.8, 4) is 11.1 Å². The maximum atomic E-state index is 5.08. The Labute approximate surface area is 256 Å². The van der Waals surface area contributed by atoms with Gasteiger partial charge in [-0.2, -0.15) is 0 Å². The van der Waals surface area contributed by atoms with E-state index in [0.717, 1.165) is 16.7 Å². The first-order valence-corrected chi connectivity index (χ1v) is 16.3. The predicted octanol–water partition coefficient (Wildman–Crippen LogP) is 9.37. The predicted molar refractivity (Wildman–Crippen MR) is 189 cm³/mol. The zero-order chi connectivity index (χ0) is 29.0. The van der Waals surface area contributed by atoms with Gasteiger partial charge in [-0.3, -0.25) is 4.40 Å². The van der Waals surface area contributed by atoms with Gasteiger partial charge in [0.05, 0.1) is 16.6 Å². The highest BCUT2D eigenvalue weighted by Gasteiger charge is 2.17. The van der Waals surface area contributed by atoms with Gasteiger partial charge in [-0.25, -0.2) is 4.98 Å². The van der Waals surface area contributed by atoms with E-state index in [9.17, 15) is 0 Å². The zero-order valence-electron chi connectivity index (χ0n) is 23.9. The van der Waals surface area contributed by atoms with Gasteiger partial charge in [0.25, 0.3) is 0 Å². The van der Waals surface area contributed by atoms with Crippen molar-refractivity contribution in [2.24, 2.45) is 0 Å². The summed E-state index contributed by atoms with van der Waals surface area (Å²) in [4.78, 5) is 5.08. The molecule has 206 valence electrons. The number of benzene rings is 7. The van der Waals surface area contributed by atoms with E-state index in [4.69, 9.17) is 4.98 Å². The molecule has 0 fully saturated rings. The largest absolute Gasteiger partial charge is 0.292 e. The molecule has 0 N–H and O–H groups in total. The molecule has 2 aromatic heterocycles. The third-order valence-corrected chi connectivity index (χ3v) is 11.1. The van der Waals surface area contributed by atoms with E-state index in [1.807, 2.05) is 0 Å². The number of hydrogen-bond acceptors (Lipinski definition) is 1. The summed E-state index contributed by atoms with van der Waals surface area (Å²) in [5.74, 6) is 0. The number of rotatable bonds is 4. The first-order valence-electron chi connectivity index (χ1n) is 15.0. The number of nitrogens with zero attached hydrogens (tertiary/aromatic N) is 2. The molecule has 0 aliphatic carbocycles. The van der Waals surface area contributed by atoms with Crippen molar-refractivity contribution in [3.63, 3.8) is 0 Å². The Balaban J connectivity index is 1.24. The van der Waals surface area contributed by atoms with Crippen molar-refractivity contribution in [2.75, 3.05) is 0 Å². The van der Waals surface area contributed by atoms with Gasteiger partial charge in [0.1, 0.15) is 5.65 Å². The van der Waals surface area contributed by atoms with Crippen LogP contribution in [0.4, 0.5) is 0 Å². The fraction of sp³-hybridized carbons (Fsp3) is 0. The molecule has 0 aliphatic rings. The van der Waals surface area contributed by atoms with E-state index < -0.39 is 7.92 Å².